The van der Waals surface area contributed by atoms with Crippen molar-refractivity contribution in [2.24, 2.45) is 11.8 Å². The first-order valence-electron chi connectivity index (χ1n) is 7.75. The van der Waals surface area contributed by atoms with Crippen LogP contribution in [-0.2, 0) is 11.3 Å². The van der Waals surface area contributed by atoms with Crippen LogP contribution in [-0.4, -0.2) is 23.7 Å². The molecule has 21 heavy (non-hydrogen) atoms. The SMILES string of the molecule is CC(C)Oc1ccc(CNCC2CCCC2C(=O)O)cc1. The lowest BCUT2D eigenvalue weighted by Crippen LogP contribution is -2.28. The van der Waals surface area contributed by atoms with Crippen molar-refractivity contribution in [2.75, 3.05) is 6.54 Å². The normalized spacial score (nSPS) is 21.7. The number of benzene rings is 1. The second kappa shape index (κ2) is 7.46. The molecule has 4 heteroatoms. The van der Waals surface area contributed by atoms with Crippen molar-refractivity contribution in [1.29, 1.82) is 0 Å². The Hall–Kier alpha value is -1.55. The van der Waals surface area contributed by atoms with E-state index in [1.807, 2.05) is 38.1 Å². The summed E-state index contributed by atoms with van der Waals surface area (Å²) in [6.07, 6.45) is 3.06. The maximum atomic E-state index is 11.1. The Labute approximate surface area is 126 Å². The van der Waals surface area contributed by atoms with Crippen LogP contribution in [0.2, 0.25) is 0 Å². The highest BCUT2D eigenvalue weighted by Crippen LogP contribution is 2.31. The summed E-state index contributed by atoms with van der Waals surface area (Å²) in [5, 5.41) is 12.5. The highest BCUT2D eigenvalue weighted by atomic mass is 16.5. The van der Waals surface area contributed by atoms with Crippen LogP contribution in [0.15, 0.2) is 24.3 Å². The summed E-state index contributed by atoms with van der Waals surface area (Å²) in [7, 11) is 0. The van der Waals surface area contributed by atoms with Gasteiger partial charge in [0.1, 0.15) is 5.75 Å². The van der Waals surface area contributed by atoms with E-state index < -0.39 is 5.97 Å². The molecule has 0 saturated heterocycles. The Bertz CT molecular complexity index is 456. The predicted molar refractivity (Wildman–Crippen MR) is 82.4 cm³/mol. The fourth-order valence-corrected chi connectivity index (χ4v) is 2.97. The van der Waals surface area contributed by atoms with Crippen LogP contribution in [0.25, 0.3) is 0 Å². The molecule has 0 radical (unpaired) electrons. The molecule has 0 aliphatic heterocycles. The fraction of sp³-hybridized carbons (Fsp3) is 0.588. The van der Waals surface area contributed by atoms with Crippen molar-refractivity contribution in [3.05, 3.63) is 29.8 Å². The van der Waals surface area contributed by atoms with E-state index in [-0.39, 0.29) is 17.9 Å². The molecule has 2 unspecified atom stereocenters. The molecule has 1 saturated carbocycles. The van der Waals surface area contributed by atoms with Crippen molar-refractivity contribution in [2.45, 2.75) is 45.8 Å². The van der Waals surface area contributed by atoms with E-state index in [1.165, 1.54) is 5.56 Å². The molecule has 2 rings (SSSR count). The van der Waals surface area contributed by atoms with Gasteiger partial charge in [0.2, 0.25) is 0 Å². The highest BCUT2D eigenvalue weighted by molar-refractivity contribution is 5.70. The number of hydrogen-bond donors (Lipinski definition) is 2. The minimum absolute atomic E-state index is 0.167. The molecular formula is C17H25NO3. The number of carboxylic acid groups (broad SMARTS) is 1. The first-order valence-corrected chi connectivity index (χ1v) is 7.75. The second-order valence-electron chi connectivity index (χ2n) is 6.08. The van der Waals surface area contributed by atoms with Crippen molar-refractivity contribution in [1.82, 2.24) is 5.32 Å². The molecule has 1 fully saturated rings. The van der Waals surface area contributed by atoms with Gasteiger partial charge < -0.3 is 15.2 Å². The number of aliphatic carboxylic acids is 1. The van der Waals surface area contributed by atoms with Gasteiger partial charge in [-0.15, -0.1) is 0 Å². The van der Waals surface area contributed by atoms with Gasteiger partial charge in [0, 0.05) is 6.54 Å². The zero-order valence-corrected chi connectivity index (χ0v) is 12.8. The van der Waals surface area contributed by atoms with Crippen LogP contribution < -0.4 is 10.1 Å². The number of rotatable bonds is 7. The van der Waals surface area contributed by atoms with Crippen LogP contribution in [0.5, 0.6) is 5.75 Å². The summed E-state index contributed by atoms with van der Waals surface area (Å²) < 4.78 is 5.61. The van der Waals surface area contributed by atoms with Crippen LogP contribution >= 0.6 is 0 Å². The number of ether oxygens (including phenoxy) is 1. The largest absolute Gasteiger partial charge is 0.491 e. The fourth-order valence-electron chi connectivity index (χ4n) is 2.97. The lowest BCUT2D eigenvalue weighted by atomic mass is 9.96. The highest BCUT2D eigenvalue weighted by Gasteiger charge is 2.32. The molecule has 2 N–H and O–H groups in total. The van der Waals surface area contributed by atoms with E-state index in [0.717, 1.165) is 38.1 Å². The van der Waals surface area contributed by atoms with E-state index >= 15 is 0 Å². The van der Waals surface area contributed by atoms with Gasteiger partial charge in [-0.05, 0) is 56.8 Å². The lowest BCUT2D eigenvalue weighted by molar-refractivity contribution is -0.142. The third kappa shape index (κ3) is 4.74. The summed E-state index contributed by atoms with van der Waals surface area (Å²) in [5.41, 5.74) is 1.19. The van der Waals surface area contributed by atoms with Crippen LogP contribution in [0, 0.1) is 11.8 Å². The third-order valence-corrected chi connectivity index (χ3v) is 4.01. The van der Waals surface area contributed by atoms with Gasteiger partial charge in [-0.2, -0.15) is 0 Å². The summed E-state index contributed by atoms with van der Waals surface area (Å²) in [6, 6.07) is 8.06. The molecule has 0 heterocycles. The predicted octanol–water partition coefficient (Wildman–Crippen LogP) is 3.06. The summed E-state index contributed by atoms with van der Waals surface area (Å²) in [6.45, 7) is 5.57. The Morgan fingerprint density at radius 2 is 2.05 bits per heavy atom. The maximum Gasteiger partial charge on any atom is 0.306 e. The molecule has 4 nitrogen and oxygen atoms in total. The van der Waals surface area contributed by atoms with E-state index in [2.05, 4.69) is 5.32 Å². The van der Waals surface area contributed by atoms with Gasteiger partial charge in [-0.25, -0.2) is 0 Å². The first kappa shape index (κ1) is 15.8. The minimum Gasteiger partial charge on any atom is -0.491 e. The summed E-state index contributed by atoms with van der Waals surface area (Å²) >= 11 is 0. The van der Waals surface area contributed by atoms with Crippen molar-refractivity contribution in [3.8, 4) is 5.75 Å². The number of nitrogens with one attached hydrogen (secondary N) is 1. The monoisotopic (exact) mass is 291 g/mol. The molecule has 0 amide bonds. The topological polar surface area (TPSA) is 58.6 Å². The summed E-state index contributed by atoms with van der Waals surface area (Å²) in [4.78, 5) is 11.1. The maximum absolute atomic E-state index is 11.1. The van der Waals surface area contributed by atoms with Gasteiger partial charge in [-0.1, -0.05) is 18.6 Å². The molecular weight excluding hydrogens is 266 g/mol. The van der Waals surface area contributed by atoms with Gasteiger partial charge >= 0.3 is 5.97 Å². The Balaban J connectivity index is 1.77. The average Bonchev–Trinajstić information content (AvgIpc) is 2.89. The Kier molecular flexibility index (Phi) is 5.62. The minimum atomic E-state index is -0.644. The van der Waals surface area contributed by atoms with Gasteiger partial charge in [0.25, 0.3) is 0 Å². The third-order valence-electron chi connectivity index (χ3n) is 4.01. The van der Waals surface area contributed by atoms with Crippen LogP contribution in [0.4, 0.5) is 0 Å². The number of carboxylic acids is 1. The van der Waals surface area contributed by atoms with E-state index in [0.29, 0.717) is 0 Å². The van der Waals surface area contributed by atoms with Gasteiger partial charge in [0.15, 0.2) is 0 Å². The average molecular weight is 291 g/mol. The quantitative estimate of drug-likeness (QED) is 0.810. The van der Waals surface area contributed by atoms with E-state index in [4.69, 9.17) is 9.84 Å². The molecule has 0 spiro atoms. The molecule has 0 bridgehead atoms. The molecule has 1 aromatic carbocycles. The van der Waals surface area contributed by atoms with Gasteiger partial charge in [-0.3, -0.25) is 4.79 Å². The number of carbonyl (C=O) groups is 1. The van der Waals surface area contributed by atoms with Crippen molar-refractivity contribution in [3.63, 3.8) is 0 Å². The zero-order valence-electron chi connectivity index (χ0n) is 12.8. The zero-order chi connectivity index (χ0) is 15.2. The smallest absolute Gasteiger partial charge is 0.306 e. The molecule has 1 aliphatic rings. The molecule has 1 aromatic rings. The van der Waals surface area contributed by atoms with Gasteiger partial charge in [0.05, 0.1) is 12.0 Å². The van der Waals surface area contributed by atoms with Crippen LogP contribution in [0.3, 0.4) is 0 Å². The standard InChI is InChI=1S/C17H25NO3/c1-12(2)21-15-8-6-13(7-9-15)10-18-11-14-4-3-5-16(14)17(19)20/h6-9,12,14,16,18H,3-5,10-11H2,1-2H3,(H,19,20). The molecule has 2 atom stereocenters. The number of hydrogen-bond acceptors (Lipinski definition) is 3. The van der Waals surface area contributed by atoms with E-state index in [9.17, 15) is 4.79 Å². The Morgan fingerprint density at radius 3 is 2.67 bits per heavy atom. The van der Waals surface area contributed by atoms with Crippen molar-refractivity contribution < 1.29 is 14.6 Å². The molecule has 0 aromatic heterocycles. The Morgan fingerprint density at radius 1 is 1.33 bits per heavy atom. The van der Waals surface area contributed by atoms with E-state index in [1.54, 1.807) is 0 Å². The van der Waals surface area contributed by atoms with Crippen molar-refractivity contribution >= 4 is 5.97 Å². The first-order chi connectivity index (χ1) is 10.1. The lowest BCUT2D eigenvalue weighted by Gasteiger charge is -2.16. The molecule has 1 aliphatic carbocycles. The molecule has 116 valence electrons. The van der Waals surface area contributed by atoms with Crippen LogP contribution in [0.1, 0.15) is 38.7 Å². The second-order valence-corrected chi connectivity index (χ2v) is 6.08. The summed E-state index contributed by atoms with van der Waals surface area (Å²) in [5.74, 6) is 0.343.